The smallest absolute Gasteiger partial charge is 0.319 e. The fourth-order valence-corrected chi connectivity index (χ4v) is 3.75. The number of methoxy groups -OCH3 is 2. The van der Waals surface area contributed by atoms with Crippen molar-refractivity contribution in [3.05, 3.63) is 23.8 Å². The summed E-state index contributed by atoms with van der Waals surface area (Å²) in [4.78, 5) is 29.0. The van der Waals surface area contributed by atoms with E-state index in [1.54, 1.807) is 14.2 Å². The fourth-order valence-electron chi connectivity index (χ4n) is 3.75. The molecule has 1 aromatic carbocycles. The van der Waals surface area contributed by atoms with Crippen molar-refractivity contribution in [2.24, 2.45) is 5.92 Å². The standard InChI is InChI=1S/C23H37N3O5/c1-6-25(7-2)23(28)26-12-10-18(11-13-26)22(27)24-17(3)19-8-9-20(21(16-19)30-5)31-15-14-29-4/h8-9,16-18H,6-7,10-15H2,1-5H3,(H,24,27). The predicted molar refractivity (Wildman–Crippen MR) is 120 cm³/mol. The first kappa shape index (κ1) is 24.8. The van der Waals surface area contributed by atoms with E-state index >= 15 is 0 Å². The molecular weight excluding hydrogens is 398 g/mol. The van der Waals surface area contributed by atoms with Crippen LogP contribution in [0.1, 0.15) is 45.2 Å². The van der Waals surface area contributed by atoms with Crippen molar-refractivity contribution in [1.29, 1.82) is 0 Å². The molecule has 1 N–H and O–H groups in total. The van der Waals surface area contributed by atoms with Crippen molar-refractivity contribution in [2.75, 3.05) is 53.6 Å². The Morgan fingerprint density at radius 3 is 2.39 bits per heavy atom. The van der Waals surface area contributed by atoms with Gasteiger partial charge in [0.25, 0.3) is 0 Å². The van der Waals surface area contributed by atoms with Crippen LogP contribution in [0.2, 0.25) is 0 Å². The van der Waals surface area contributed by atoms with E-state index < -0.39 is 0 Å². The number of rotatable bonds is 10. The van der Waals surface area contributed by atoms with Gasteiger partial charge in [0.2, 0.25) is 5.91 Å². The van der Waals surface area contributed by atoms with E-state index in [1.807, 2.05) is 48.8 Å². The molecule has 31 heavy (non-hydrogen) atoms. The van der Waals surface area contributed by atoms with Crippen LogP contribution in [-0.4, -0.2) is 75.4 Å². The van der Waals surface area contributed by atoms with Gasteiger partial charge in [-0.25, -0.2) is 4.79 Å². The second kappa shape index (κ2) is 12.4. The number of carbonyl (C=O) groups is 2. The lowest BCUT2D eigenvalue weighted by Crippen LogP contribution is -2.48. The van der Waals surface area contributed by atoms with Crippen molar-refractivity contribution in [3.63, 3.8) is 0 Å². The van der Waals surface area contributed by atoms with E-state index in [2.05, 4.69) is 5.32 Å². The highest BCUT2D eigenvalue weighted by molar-refractivity contribution is 5.80. The molecule has 174 valence electrons. The third kappa shape index (κ3) is 6.75. The SMILES string of the molecule is CCN(CC)C(=O)N1CCC(C(=O)NC(C)c2ccc(OCCOC)c(OC)c2)CC1. The van der Waals surface area contributed by atoms with Gasteiger partial charge in [-0.15, -0.1) is 0 Å². The molecule has 1 heterocycles. The van der Waals surface area contributed by atoms with Crippen LogP contribution in [0.3, 0.4) is 0 Å². The van der Waals surface area contributed by atoms with E-state index in [0.29, 0.717) is 63.7 Å². The summed E-state index contributed by atoms with van der Waals surface area (Å²) >= 11 is 0. The van der Waals surface area contributed by atoms with Gasteiger partial charge in [0, 0.05) is 39.2 Å². The van der Waals surface area contributed by atoms with Crippen molar-refractivity contribution in [2.45, 2.75) is 39.7 Å². The van der Waals surface area contributed by atoms with Gasteiger partial charge in [0.15, 0.2) is 11.5 Å². The Bertz CT molecular complexity index is 715. The fraction of sp³-hybridized carbons (Fsp3) is 0.652. The maximum Gasteiger partial charge on any atom is 0.319 e. The molecular formula is C23H37N3O5. The number of ether oxygens (including phenoxy) is 3. The van der Waals surface area contributed by atoms with Gasteiger partial charge in [-0.05, 0) is 51.3 Å². The normalized spacial score (nSPS) is 15.3. The van der Waals surface area contributed by atoms with Crippen LogP contribution in [0, 0.1) is 5.92 Å². The predicted octanol–water partition coefficient (Wildman–Crippen LogP) is 3.07. The van der Waals surface area contributed by atoms with Crippen LogP contribution in [-0.2, 0) is 9.53 Å². The van der Waals surface area contributed by atoms with Gasteiger partial charge in [-0.3, -0.25) is 4.79 Å². The zero-order valence-corrected chi connectivity index (χ0v) is 19.5. The molecule has 0 aliphatic carbocycles. The highest BCUT2D eigenvalue weighted by Crippen LogP contribution is 2.30. The van der Waals surface area contributed by atoms with Crippen LogP contribution < -0.4 is 14.8 Å². The largest absolute Gasteiger partial charge is 0.493 e. The Balaban J connectivity index is 1.90. The highest BCUT2D eigenvalue weighted by atomic mass is 16.5. The number of hydrogen-bond acceptors (Lipinski definition) is 5. The van der Waals surface area contributed by atoms with E-state index in [9.17, 15) is 9.59 Å². The maximum atomic E-state index is 12.8. The summed E-state index contributed by atoms with van der Waals surface area (Å²) in [6.07, 6.45) is 1.36. The highest BCUT2D eigenvalue weighted by Gasteiger charge is 2.29. The molecule has 1 aliphatic heterocycles. The number of amides is 3. The summed E-state index contributed by atoms with van der Waals surface area (Å²) in [6, 6.07) is 5.57. The minimum atomic E-state index is -0.162. The molecule has 1 atom stereocenters. The van der Waals surface area contributed by atoms with Gasteiger partial charge >= 0.3 is 6.03 Å². The van der Waals surface area contributed by atoms with Crippen LogP contribution in [0.15, 0.2) is 18.2 Å². The number of piperidine rings is 1. The van der Waals surface area contributed by atoms with Crippen LogP contribution >= 0.6 is 0 Å². The summed E-state index contributed by atoms with van der Waals surface area (Å²) in [6.45, 7) is 9.49. The molecule has 0 radical (unpaired) electrons. The number of nitrogens with one attached hydrogen (secondary N) is 1. The number of benzene rings is 1. The van der Waals surface area contributed by atoms with Gasteiger partial charge < -0.3 is 29.3 Å². The topological polar surface area (TPSA) is 80.3 Å². The minimum absolute atomic E-state index is 0.0295. The average molecular weight is 436 g/mol. The molecule has 2 rings (SSSR count). The molecule has 0 spiro atoms. The third-order valence-corrected chi connectivity index (χ3v) is 5.76. The summed E-state index contributed by atoms with van der Waals surface area (Å²) in [5, 5.41) is 3.11. The second-order valence-corrected chi connectivity index (χ2v) is 7.70. The van der Waals surface area contributed by atoms with Crippen molar-refractivity contribution in [3.8, 4) is 11.5 Å². The Labute approximate surface area is 185 Å². The molecule has 1 saturated heterocycles. The summed E-state index contributed by atoms with van der Waals surface area (Å²) in [5.41, 5.74) is 0.943. The summed E-state index contributed by atoms with van der Waals surface area (Å²) in [7, 11) is 3.22. The molecule has 8 nitrogen and oxygen atoms in total. The van der Waals surface area contributed by atoms with Crippen molar-refractivity contribution >= 4 is 11.9 Å². The number of urea groups is 1. The molecule has 0 aromatic heterocycles. The lowest BCUT2D eigenvalue weighted by molar-refractivity contribution is -0.127. The van der Waals surface area contributed by atoms with Gasteiger partial charge in [-0.1, -0.05) is 6.07 Å². The van der Waals surface area contributed by atoms with Gasteiger partial charge in [0.1, 0.15) is 6.61 Å². The lowest BCUT2D eigenvalue weighted by Gasteiger charge is -2.35. The van der Waals surface area contributed by atoms with E-state index in [4.69, 9.17) is 14.2 Å². The minimum Gasteiger partial charge on any atom is -0.493 e. The third-order valence-electron chi connectivity index (χ3n) is 5.76. The first-order chi connectivity index (χ1) is 14.9. The zero-order chi connectivity index (χ0) is 22.8. The zero-order valence-electron chi connectivity index (χ0n) is 19.5. The second-order valence-electron chi connectivity index (χ2n) is 7.70. The van der Waals surface area contributed by atoms with E-state index in [0.717, 1.165) is 5.56 Å². The average Bonchev–Trinajstić information content (AvgIpc) is 2.80. The summed E-state index contributed by atoms with van der Waals surface area (Å²) in [5.74, 6) is 1.22. The van der Waals surface area contributed by atoms with Crippen LogP contribution in [0.5, 0.6) is 11.5 Å². The molecule has 1 fully saturated rings. The van der Waals surface area contributed by atoms with Gasteiger partial charge in [-0.2, -0.15) is 0 Å². The number of likely N-dealkylation sites (tertiary alicyclic amines) is 1. The molecule has 0 bridgehead atoms. The van der Waals surface area contributed by atoms with Crippen molar-refractivity contribution < 1.29 is 23.8 Å². The van der Waals surface area contributed by atoms with Crippen LogP contribution in [0.25, 0.3) is 0 Å². The number of hydrogen-bond donors (Lipinski definition) is 1. The first-order valence-corrected chi connectivity index (χ1v) is 11.1. The van der Waals surface area contributed by atoms with Crippen molar-refractivity contribution in [1.82, 2.24) is 15.1 Å². The quantitative estimate of drug-likeness (QED) is 0.572. The molecule has 1 aromatic rings. The monoisotopic (exact) mass is 435 g/mol. The lowest BCUT2D eigenvalue weighted by atomic mass is 9.95. The Kier molecular flexibility index (Phi) is 9.91. The van der Waals surface area contributed by atoms with E-state index in [1.165, 1.54) is 0 Å². The molecule has 1 unspecified atom stereocenters. The Hall–Kier alpha value is -2.48. The molecule has 8 heteroatoms. The number of nitrogens with zero attached hydrogens (tertiary/aromatic N) is 2. The van der Waals surface area contributed by atoms with E-state index in [-0.39, 0.29) is 23.9 Å². The number of carbonyl (C=O) groups excluding carboxylic acids is 2. The Morgan fingerprint density at radius 2 is 1.81 bits per heavy atom. The Morgan fingerprint density at radius 1 is 1.13 bits per heavy atom. The molecule has 3 amide bonds. The van der Waals surface area contributed by atoms with Crippen LogP contribution in [0.4, 0.5) is 4.79 Å². The van der Waals surface area contributed by atoms with Gasteiger partial charge in [0.05, 0.1) is 19.8 Å². The molecule has 0 saturated carbocycles. The summed E-state index contributed by atoms with van der Waals surface area (Å²) < 4.78 is 16.1. The maximum absolute atomic E-state index is 12.8. The molecule has 1 aliphatic rings. The first-order valence-electron chi connectivity index (χ1n) is 11.1.